The molecule has 0 bridgehead atoms. The molecule has 0 unspecified atom stereocenters. The first-order valence-electron chi connectivity index (χ1n) is 8.09. The largest absolute Gasteiger partial charge is 0.493 e. The lowest BCUT2D eigenvalue weighted by molar-refractivity contribution is 0.354. The van der Waals surface area contributed by atoms with Crippen LogP contribution in [0, 0.1) is 0 Å². The molecule has 140 valence electrons. The van der Waals surface area contributed by atoms with E-state index in [1.807, 2.05) is 36.4 Å². The lowest BCUT2D eigenvalue weighted by atomic mass is 10.1. The van der Waals surface area contributed by atoms with Crippen molar-refractivity contribution in [2.45, 2.75) is 6.42 Å². The van der Waals surface area contributed by atoms with Gasteiger partial charge in [0, 0.05) is 18.3 Å². The number of benzene rings is 2. The summed E-state index contributed by atoms with van der Waals surface area (Å²) in [6.07, 6.45) is 0.800. The first-order chi connectivity index (χ1) is 12.6. The minimum absolute atomic E-state index is 0.540. The fourth-order valence-corrected chi connectivity index (χ4v) is 2.67. The Morgan fingerprint density at radius 2 is 1.38 bits per heavy atom. The van der Waals surface area contributed by atoms with E-state index >= 15 is 0 Å². The second-order valence-corrected chi connectivity index (χ2v) is 5.80. The van der Waals surface area contributed by atoms with Gasteiger partial charge in [0.05, 0.1) is 28.4 Å². The molecular formula is C19H24N2O4S. The summed E-state index contributed by atoms with van der Waals surface area (Å²) < 4.78 is 21.1. The molecule has 0 saturated heterocycles. The molecule has 0 heterocycles. The molecule has 2 aromatic carbocycles. The third-order valence-electron chi connectivity index (χ3n) is 3.79. The molecule has 0 aromatic heterocycles. The Morgan fingerprint density at radius 1 is 0.808 bits per heavy atom. The zero-order chi connectivity index (χ0) is 18.9. The average molecular weight is 376 g/mol. The highest BCUT2D eigenvalue weighted by Gasteiger charge is 2.07. The van der Waals surface area contributed by atoms with Gasteiger partial charge in [-0.15, -0.1) is 0 Å². The van der Waals surface area contributed by atoms with Crippen molar-refractivity contribution in [3.63, 3.8) is 0 Å². The highest BCUT2D eigenvalue weighted by Crippen LogP contribution is 2.30. The summed E-state index contributed by atoms with van der Waals surface area (Å²) in [6.45, 7) is 0.689. The number of rotatable bonds is 8. The molecule has 2 aromatic rings. The van der Waals surface area contributed by atoms with E-state index in [-0.39, 0.29) is 0 Å². The number of methoxy groups -OCH3 is 4. The molecule has 0 spiro atoms. The molecule has 7 heteroatoms. The summed E-state index contributed by atoms with van der Waals surface area (Å²) in [5, 5.41) is 6.86. The van der Waals surface area contributed by atoms with Crippen LogP contribution < -0.4 is 29.6 Å². The molecule has 26 heavy (non-hydrogen) atoms. The van der Waals surface area contributed by atoms with Gasteiger partial charge in [0.15, 0.2) is 28.1 Å². The third-order valence-corrected chi connectivity index (χ3v) is 4.03. The summed E-state index contributed by atoms with van der Waals surface area (Å²) in [7, 11) is 6.45. The van der Waals surface area contributed by atoms with Crippen molar-refractivity contribution in [1.29, 1.82) is 0 Å². The lowest BCUT2D eigenvalue weighted by Crippen LogP contribution is -2.30. The van der Waals surface area contributed by atoms with Gasteiger partial charge in [-0.3, -0.25) is 0 Å². The highest BCUT2D eigenvalue weighted by atomic mass is 32.1. The van der Waals surface area contributed by atoms with Crippen LogP contribution in [0.2, 0.25) is 0 Å². The number of ether oxygens (including phenoxy) is 4. The smallest absolute Gasteiger partial charge is 0.170 e. The SMILES string of the molecule is COc1ccc(CCNC(=S)Nc2ccc(OC)c(OC)c2)cc1OC. The van der Waals surface area contributed by atoms with Crippen LogP contribution >= 0.6 is 12.2 Å². The maximum Gasteiger partial charge on any atom is 0.170 e. The van der Waals surface area contributed by atoms with Gasteiger partial charge in [0.2, 0.25) is 0 Å². The quantitative estimate of drug-likeness (QED) is 0.686. The topological polar surface area (TPSA) is 61.0 Å². The first kappa shape index (κ1) is 19.7. The van der Waals surface area contributed by atoms with Crippen molar-refractivity contribution in [3.8, 4) is 23.0 Å². The molecule has 0 aliphatic carbocycles. The van der Waals surface area contributed by atoms with E-state index in [0.717, 1.165) is 29.2 Å². The van der Waals surface area contributed by atoms with Gasteiger partial charge in [0.25, 0.3) is 0 Å². The van der Waals surface area contributed by atoms with E-state index in [9.17, 15) is 0 Å². The van der Waals surface area contributed by atoms with Crippen molar-refractivity contribution in [2.75, 3.05) is 40.3 Å². The number of anilines is 1. The van der Waals surface area contributed by atoms with Crippen LogP contribution in [0.25, 0.3) is 0 Å². The third kappa shape index (κ3) is 5.16. The van der Waals surface area contributed by atoms with Gasteiger partial charge in [-0.1, -0.05) is 6.07 Å². The molecule has 2 rings (SSSR count). The first-order valence-corrected chi connectivity index (χ1v) is 8.50. The molecule has 6 nitrogen and oxygen atoms in total. The molecule has 0 aliphatic rings. The predicted octanol–water partition coefficient (Wildman–Crippen LogP) is 3.25. The van der Waals surface area contributed by atoms with Crippen LogP contribution in [0.15, 0.2) is 36.4 Å². The number of nitrogens with one attached hydrogen (secondary N) is 2. The van der Waals surface area contributed by atoms with Gasteiger partial charge in [-0.2, -0.15) is 0 Å². The predicted molar refractivity (Wildman–Crippen MR) is 107 cm³/mol. The molecule has 0 fully saturated rings. The summed E-state index contributed by atoms with van der Waals surface area (Å²) in [4.78, 5) is 0. The maximum absolute atomic E-state index is 5.34. The fraction of sp³-hybridized carbons (Fsp3) is 0.316. The van der Waals surface area contributed by atoms with Crippen LogP contribution in [-0.2, 0) is 6.42 Å². The van der Waals surface area contributed by atoms with E-state index in [0.29, 0.717) is 23.2 Å². The molecule has 0 radical (unpaired) electrons. The molecule has 0 saturated carbocycles. The number of hydrogen-bond acceptors (Lipinski definition) is 5. The van der Waals surface area contributed by atoms with Crippen molar-refractivity contribution >= 4 is 23.0 Å². The molecule has 0 aliphatic heterocycles. The van der Waals surface area contributed by atoms with Crippen LogP contribution in [0.4, 0.5) is 5.69 Å². The van der Waals surface area contributed by atoms with E-state index in [1.54, 1.807) is 28.4 Å². The molecule has 2 N–H and O–H groups in total. The Kier molecular flexibility index (Phi) is 7.35. The highest BCUT2D eigenvalue weighted by molar-refractivity contribution is 7.80. The van der Waals surface area contributed by atoms with Gasteiger partial charge in [-0.25, -0.2) is 0 Å². The van der Waals surface area contributed by atoms with Crippen molar-refractivity contribution in [2.24, 2.45) is 0 Å². The van der Waals surface area contributed by atoms with Gasteiger partial charge in [-0.05, 0) is 48.5 Å². The van der Waals surface area contributed by atoms with Gasteiger partial charge in [0.1, 0.15) is 0 Å². The molecular weight excluding hydrogens is 352 g/mol. The Balaban J connectivity index is 1.87. The van der Waals surface area contributed by atoms with E-state index in [2.05, 4.69) is 10.6 Å². The van der Waals surface area contributed by atoms with Crippen LogP contribution in [0.1, 0.15) is 5.56 Å². The average Bonchev–Trinajstić information content (AvgIpc) is 2.67. The second kappa shape index (κ2) is 9.72. The van der Waals surface area contributed by atoms with Crippen molar-refractivity contribution in [3.05, 3.63) is 42.0 Å². The summed E-state index contributed by atoms with van der Waals surface area (Å²) in [6, 6.07) is 11.4. The monoisotopic (exact) mass is 376 g/mol. The van der Waals surface area contributed by atoms with Crippen LogP contribution in [0.5, 0.6) is 23.0 Å². The lowest BCUT2D eigenvalue weighted by Gasteiger charge is -2.13. The summed E-state index contributed by atoms with van der Waals surface area (Å²) in [5.41, 5.74) is 1.95. The van der Waals surface area contributed by atoms with Crippen LogP contribution in [0.3, 0.4) is 0 Å². The van der Waals surface area contributed by atoms with Gasteiger partial charge < -0.3 is 29.6 Å². The Morgan fingerprint density at radius 3 is 2.00 bits per heavy atom. The second-order valence-electron chi connectivity index (χ2n) is 5.39. The Bertz CT molecular complexity index is 752. The molecule has 0 atom stereocenters. The summed E-state index contributed by atoms with van der Waals surface area (Å²) in [5.74, 6) is 2.75. The minimum atomic E-state index is 0.540. The van der Waals surface area contributed by atoms with E-state index < -0.39 is 0 Å². The normalized spacial score (nSPS) is 10.0. The molecule has 0 amide bonds. The Labute approximate surface area is 159 Å². The minimum Gasteiger partial charge on any atom is -0.493 e. The van der Waals surface area contributed by atoms with Crippen molar-refractivity contribution in [1.82, 2.24) is 5.32 Å². The van der Waals surface area contributed by atoms with Crippen molar-refractivity contribution < 1.29 is 18.9 Å². The van der Waals surface area contributed by atoms with E-state index in [1.165, 1.54) is 0 Å². The Hall–Kier alpha value is -2.67. The van der Waals surface area contributed by atoms with E-state index in [4.69, 9.17) is 31.2 Å². The number of hydrogen-bond donors (Lipinski definition) is 2. The van der Waals surface area contributed by atoms with Gasteiger partial charge >= 0.3 is 0 Å². The zero-order valence-corrected chi connectivity index (χ0v) is 16.2. The van der Waals surface area contributed by atoms with Crippen LogP contribution in [-0.4, -0.2) is 40.1 Å². The maximum atomic E-state index is 5.34. The fourth-order valence-electron chi connectivity index (χ4n) is 2.45. The zero-order valence-electron chi connectivity index (χ0n) is 15.4. The standard InChI is InChI=1S/C19H24N2O4S/c1-22-15-7-5-13(11-17(15)24-3)9-10-20-19(26)21-14-6-8-16(23-2)18(12-14)25-4/h5-8,11-12H,9-10H2,1-4H3,(H2,20,21,26). The summed E-state index contributed by atoms with van der Waals surface area (Å²) >= 11 is 5.34. The number of thiocarbonyl (C=S) groups is 1.